The van der Waals surface area contributed by atoms with Crippen molar-refractivity contribution in [2.75, 3.05) is 13.2 Å². The molecule has 0 amide bonds. The highest BCUT2D eigenvalue weighted by Gasteiger charge is 2.55. The smallest absolute Gasteiger partial charge is 0.172 e. The van der Waals surface area contributed by atoms with Gasteiger partial charge in [0.05, 0.1) is 25.2 Å². The number of nitriles is 1. The summed E-state index contributed by atoms with van der Waals surface area (Å²) in [5, 5.41) is 9.29. The van der Waals surface area contributed by atoms with Crippen LogP contribution in [-0.4, -0.2) is 19.0 Å². The molecule has 1 spiro atoms. The van der Waals surface area contributed by atoms with Gasteiger partial charge >= 0.3 is 0 Å². The SMILES string of the molecule is N#CC1CCCC2CCC3(OCCCO3)C12. The highest BCUT2D eigenvalue weighted by molar-refractivity contribution is 5.05. The Morgan fingerprint density at radius 1 is 1.06 bits per heavy atom. The second kappa shape index (κ2) is 4.01. The van der Waals surface area contributed by atoms with Gasteiger partial charge < -0.3 is 9.47 Å². The quantitative estimate of drug-likeness (QED) is 0.631. The lowest BCUT2D eigenvalue weighted by Gasteiger charge is -2.43. The van der Waals surface area contributed by atoms with Crippen LogP contribution in [0.25, 0.3) is 0 Å². The molecule has 3 heteroatoms. The third-order valence-electron chi connectivity index (χ3n) is 4.55. The molecule has 16 heavy (non-hydrogen) atoms. The summed E-state index contributed by atoms with van der Waals surface area (Å²) in [6.07, 6.45) is 6.68. The van der Waals surface area contributed by atoms with Crippen LogP contribution in [0.2, 0.25) is 0 Å². The van der Waals surface area contributed by atoms with Crippen LogP contribution in [0.4, 0.5) is 0 Å². The van der Waals surface area contributed by atoms with Gasteiger partial charge in [-0.15, -0.1) is 0 Å². The average Bonchev–Trinajstić information content (AvgIpc) is 2.70. The summed E-state index contributed by atoms with van der Waals surface area (Å²) in [6, 6.07) is 2.49. The van der Waals surface area contributed by atoms with Crippen molar-refractivity contribution in [2.24, 2.45) is 17.8 Å². The van der Waals surface area contributed by atoms with Crippen LogP contribution in [0.3, 0.4) is 0 Å². The largest absolute Gasteiger partial charge is 0.349 e. The maximum absolute atomic E-state index is 9.29. The van der Waals surface area contributed by atoms with E-state index in [0.717, 1.165) is 32.5 Å². The number of hydrogen-bond acceptors (Lipinski definition) is 3. The Labute approximate surface area is 96.7 Å². The summed E-state index contributed by atoms with van der Waals surface area (Å²) in [5.41, 5.74) is 0. The van der Waals surface area contributed by atoms with E-state index in [2.05, 4.69) is 6.07 Å². The molecule has 3 atom stereocenters. The fourth-order valence-electron chi connectivity index (χ4n) is 3.90. The van der Waals surface area contributed by atoms with Crippen LogP contribution in [0, 0.1) is 29.1 Å². The van der Waals surface area contributed by atoms with Crippen molar-refractivity contribution >= 4 is 0 Å². The maximum Gasteiger partial charge on any atom is 0.172 e. The van der Waals surface area contributed by atoms with Crippen molar-refractivity contribution in [1.82, 2.24) is 0 Å². The standard InChI is InChI=1S/C13H19NO2/c14-9-11-4-1-3-10-5-6-13(12(10)11)15-7-2-8-16-13/h10-12H,1-8H2. The van der Waals surface area contributed by atoms with Crippen LogP contribution >= 0.6 is 0 Å². The molecule has 0 bridgehead atoms. The molecule has 2 aliphatic carbocycles. The molecule has 1 saturated heterocycles. The molecular formula is C13H19NO2. The number of nitrogens with zero attached hydrogens (tertiary/aromatic N) is 1. The summed E-state index contributed by atoms with van der Waals surface area (Å²) in [5.74, 6) is 0.770. The van der Waals surface area contributed by atoms with E-state index in [4.69, 9.17) is 9.47 Å². The predicted molar refractivity (Wildman–Crippen MR) is 58.4 cm³/mol. The fraction of sp³-hybridized carbons (Fsp3) is 0.923. The molecule has 3 unspecified atom stereocenters. The first-order valence-corrected chi connectivity index (χ1v) is 6.53. The Balaban J connectivity index is 1.87. The summed E-state index contributed by atoms with van der Waals surface area (Å²) >= 11 is 0. The zero-order chi connectivity index (χ0) is 11.0. The van der Waals surface area contributed by atoms with Gasteiger partial charge in [0.2, 0.25) is 0 Å². The monoisotopic (exact) mass is 221 g/mol. The minimum Gasteiger partial charge on any atom is -0.349 e. The molecule has 88 valence electrons. The van der Waals surface area contributed by atoms with E-state index in [1.54, 1.807) is 0 Å². The molecule has 3 aliphatic rings. The molecule has 0 aromatic rings. The van der Waals surface area contributed by atoms with Crippen LogP contribution in [0.1, 0.15) is 38.5 Å². The van der Waals surface area contributed by atoms with Gasteiger partial charge in [-0.25, -0.2) is 0 Å². The zero-order valence-corrected chi connectivity index (χ0v) is 9.65. The molecule has 0 aromatic carbocycles. The summed E-state index contributed by atoms with van der Waals surface area (Å²) < 4.78 is 11.9. The van der Waals surface area contributed by atoms with Gasteiger partial charge in [0, 0.05) is 12.3 Å². The molecule has 0 radical (unpaired) electrons. The first-order chi connectivity index (χ1) is 7.86. The topological polar surface area (TPSA) is 42.2 Å². The maximum atomic E-state index is 9.29. The first kappa shape index (κ1) is 10.6. The highest BCUT2D eigenvalue weighted by Crippen LogP contribution is 2.53. The van der Waals surface area contributed by atoms with E-state index in [9.17, 15) is 5.26 Å². The number of ether oxygens (including phenoxy) is 2. The molecule has 3 nitrogen and oxygen atoms in total. The summed E-state index contributed by atoms with van der Waals surface area (Å²) in [6.45, 7) is 1.61. The molecule has 0 N–H and O–H groups in total. The number of fused-ring (bicyclic) bond motifs is 2. The van der Waals surface area contributed by atoms with E-state index in [1.807, 2.05) is 0 Å². The predicted octanol–water partition coefficient (Wildman–Crippen LogP) is 2.47. The van der Waals surface area contributed by atoms with Gasteiger partial charge in [0.15, 0.2) is 5.79 Å². The van der Waals surface area contributed by atoms with Crippen molar-refractivity contribution in [3.05, 3.63) is 0 Å². The molecule has 2 saturated carbocycles. The van der Waals surface area contributed by atoms with Crippen LogP contribution < -0.4 is 0 Å². The van der Waals surface area contributed by atoms with Gasteiger partial charge in [0.25, 0.3) is 0 Å². The van der Waals surface area contributed by atoms with E-state index < -0.39 is 0 Å². The Morgan fingerprint density at radius 2 is 1.88 bits per heavy atom. The summed E-state index contributed by atoms with van der Waals surface area (Å²) in [7, 11) is 0. The Bertz CT molecular complexity index is 304. The van der Waals surface area contributed by atoms with E-state index in [-0.39, 0.29) is 11.7 Å². The fourth-order valence-corrected chi connectivity index (χ4v) is 3.90. The highest BCUT2D eigenvalue weighted by atomic mass is 16.7. The van der Waals surface area contributed by atoms with Crippen LogP contribution in [0.15, 0.2) is 0 Å². The summed E-state index contributed by atoms with van der Waals surface area (Å²) in [4.78, 5) is 0. The van der Waals surface area contributed by atoms with E-state index >= 15 is 0 Å². The Hall–Kier alpha value is -0.590. The van der Waals surface area contributed by atoms with Gasteiger partial charge in [0.1, 0.15) is 0 Å². The third kappa shape index (κ3) is 1.48. The molecule has 3 fully saturated rings. The lowest BCUT2D eigenvalue weighted by Crippen LogP contribution is -2.48. The van der Waals surface area contributed by atoms with Crippen molar-refractivity contribution in [1.29, 1.82) is 5.26 Å². The zero-order valence-electron chi connectivity index (χ0n) is 9.65. The number of hydrogen-bond donors (Lipinski definition) is 0. The average molecular weight is 221 g/mol. The van der Waals surface area contributed by atoms with E-state index in [0.29, 0.717) is 11.8 Å². The third-order valence-corrected chi connectivity index (χ3v) is 4.55. The normalized spacial score (nSPS) is 41.6. The van der Waals surface area contributed by atoms with Gasteiger partial charge in [-0.05, 0) is 31.6 Å². The Kier molecular flexibility index (Phi) is 2.65. The lowest BCUT2D eigenvalue weighted by molar-refractivity contribution is -0.294. The molecular weight excluding hydrogens is 202 g/mol. The van der Waals surface area contributed by atoms with Gasteiger partial charge in [-0.1, -0.05) is 6.42 Å². The van der Waals surface area contributed by atoms with Crippen molar-refractivity contribution < 1.29 is 9.47 Å². The van der Waals surface area contributed by atoms with Crippen molar-refractivity contribution in [3.63, 3.8) is 0 Å². The number of rotatable bonds is 0. The molecule has 1 aliphatic heterocycles. The minimum atomic E-state index is -0.385. The van der Waals surface area contributed by atoms with Crippen molar-refractivity contribution in [2.45, 2.75) is 44.3 Å². The van der Waals surface area contributed by atoms with Crippen molar-refractivity contribution in [3.8, 4) is 6.07 Å². The molecule has 0 aromatic heterocycles. The second-order valence-electron chi connectivity index (χ2n) is 5.35. The Morgan fingerprint density at radius 3 is 2.62 bits per heavy atom. The van der Waals surface area contributed by atoms with Crippen LogP contribution in [-0.2, 0) is 9.47 Å². The minimum absolute atomic E-state index is 0.152. The molecule has 1 heterocycles. The van der Waals surface area contributed by atoms with Gasteiger partial charge in [-0.2, -0.15) is 5.26 Å². The first-order valence-electron chi connectivity index (χ1n) is 6.53. The second-order valence-corrected chi connectivity index (χ2v) is 5.35. The lowest BCUT2D eigenvalue weighted by atomic mass is 9.72. The molecule has 3 rings (SSSR count). The van der Waals surface area contributed by atoms with Gasteiger partial charge in [-0.3, -0.25) is 0 Å². The van der Waals surface area contributed by atoms with E-state index in [1.165, 1.54) is 19.3 Å². The van der Waals surface area contributed by atoms with Crippen LogP contribution in [0.5, 0.6) is 0 Å².